The lowest BCUT2D eigenvalue weighted by molar-refractivity contribution is -0.151. The average Bonchev–Trinajstić information content (AvgIpc) is 3.11. The van der Waals surface area contributed by atoms with Gasteiger partial charge in [0.05, 0.1) is 13.0 Å². The van der Waals surface area contributed by atoms with Crippen LogP contribution in [0.4, 0.5) is 11.4 Å². The molecule has 2 amide bonds. The molecule has 1 N–H and O–H groups in total. The van der Waals surface area contributed by atoms with Gasteiger partial charge in [-0.05, 0) is 48.9 Å². The maximum atomic E-state index is 12.3. The summed E-state index contributed by atoms with van der Waals surface area (Å²) in [4.78, 5) is 38.2. The second-order valence-electron chi connectivity index (χ2n) is 6.67. The van der Waals surface area contributed by atoms with Crippen molar-refractivity contribution in [2.75, 3.05) is 30.5 Å². The minimum Gasteiger partial charge on any atom is -0.497 e. The molecule has 152 valence electrons. The quantitative estimate of drug-likeness (QED) is 0.731. The van der Waals surface area contributed by atoms with Crippen molar-refractivity contribution in [1.82, 2.24) is 0 Å². The van der Waals surface area contributed by atoms with Gasteiger partial charge in [-0.15, -0.1) is 0 Å². The van der Waals surface area contributed by atoms with Gasteiger partial charge < -0.3 is 19.7 Å². The first-order chi connectivity index (χ1) is 13.9. The highest BCUT2D eigenvalue weighted by Crippen LogP contribution is 2.27. The van der Waals surface area contributed by atoms with Crippen molar-refractivity contribution in [2.45, 2.75) is 13.3 Å². The van der Waals surface area contributed by atoms with Crippen LogP contribution >= 0.6 is 11.6 Å². The molecule has 8 heteroatoms. The normalized spacial score (nSPS) is 15.9. The molecule has 0 aromatic heterocycles. The van der Waals surface area contributed by atoms with Crippen LogP contribution in [0, 0.1) is 12.8 Å². The van der Waals surface area contributed by atoms with Crippen LogP contribution in [0.5, 0.6) is 5.75 Å². The minimum absolute atomic E-state index is 0.0416. The van der Waals surface area contributed by atoms with Gasteiger partial charge in [-0.2, -0.15) is 0 Å². The van der Waals surface area contributed by atoms with Crippen LogP contribution in [0.15, 0.2) is 42.5 Å². The number of nitrogens with one attached hydrogen (secondary N) is 1. The summed E-state index contributed by atoms with van der Waals surface area (Å²) in [5.74, 6) is -1.16. The minimum atomic E-state index is -0.620. The summed E-state index contributed by atoms with van der Waals surface area (Å²) in [6, 6.07) is 12.2. The molecule has 2 aromatic carbocycles. The van der Waals surface area contributed by atoms with Gasteiger partial charge in [0.25, 0.3) is 5.91 Å². The summed E-state index contributed by atoms with van der Waals surface area (Å²) in [6.45, 7) is 1.55. The Kier molecular flexibility index (Phi) is 6.39. The molecule has 7 nitrogen and oxygen atoms in total. The van der Waals surface area contributed by atoms with E-state index in [2.05, 4.69) is 5.32 Å². The zero-order valence-electron chi connectivity index (χ0n) is 16.1. The van der Waals surface area contributed by atoms with Crippen molar-refractivity contribution in [3.8, 4) is 5.75 Å². The van der Waals surface area contributed by atoms with E-state index in [0.717, 1.165) is 5.56 Å². The number of carbonyl (C=O) groups is 3. The summed E-state index contributed by atoms with van der Waals surface area (Å²) < 4.78 is 10.2. The van der Waals surface area contributed by atoms with Gasteiger partial charge in [0.15, 0.2) is 6.61 Å². The SMILES string of the molecule is COc1ccc(N2CC(C(=O)OCC(=O)Nc3cccc(Cl)c3C)CC2=O)cc1. The molecule has 3 rings (SSSR count). The second kappa shape index (κ2) is 8.96. The maximum Gasteiger partial charge on any atom is 0.311 e. The van der Waals surface area contributed by atoms with Gasteiger partial charge in [-0.1, -0.05) is 17.7 Å². The lowest BCUT2D eigenvalue weighted by Crippen LogP contribution is -2.28. The Labute approximate surface area is 173 Å². The number of esters is 1. The molecule has 1 saturated heterocycles. The molecule has 0 aliphatic carbocycles. The van der Waals surface area contributed by atoms with Gasteiger partial charge in [0, 0.05) is 29.4 Å². The second-order valence-corrected chi connectivity index (χ2v) is 7.08. The third kappa shape index (κ3) is 4.86. The Bertz CT molecular complexity index is 929. The Morgan fingerprint density at radius 2 is 1.93 bits per heavy atom. The van der Waals surface area contributed by atoms with E-state index in [4.69, 9.17) is 21.1 Å². The number of hydrogen-bond donors (Lipinski definition) is 1. The maximum absolute atomic E-state index is 12.3. The van der Waals surface area contributed by atoms with Crippen molar-refractivity contribution in [3.63, 3.8) is 0 Å². The van der Waals surface area contributed by atoms with Crippen molar-refractivity contribution >= 4 is 40.8 Å². The monoisotopic (exact) mass is 416 g/mol. The summed E-state index contributed by atoms with van der Waals surface area (Å²) in [5.41, 5.74) is 1.96. The first-order valence-corrected chi connectivity index (χ1v) is 9.43. The molecule has 1 heterocycles. The first-order valence-electron chi connectivity index (χ1n) is 9.05. The number of hydrogen-bond acceptors (Lipinski definition) is 5. The lowest BCUT2D eigenvalue weighted by atomic mass is 10.1. The molecule has 1 aliphatic rings. The Hall–Kier alpha value is -3.06. The number of halogens is 1. The fraction of sp³-hybridized carbons (Fsp3) is 0.286. The van der Waals surface area contributed by atoms with Crippen molar-refractivity contribution in [1.29, 1.82) is 0 Å². The zero-order valence-corrected chi connectivity index (χ0v) is 16.9. The molecule has 0 bridgehead atoms. The van der Waals surface area contributed by atoms with Gasteiger partial charge in [-0.3, -0.25) is 14.4 Å². The van der Waals surface area contributed by atoms with Crippen LogP contribution in [0.1, 0.15) is 12.0 Å². The van der Waals surface area contributed by atoms with Crippen LogP contribution in [0.3, 0.4) is 0 Å². The fourth-order valence-electron chi connectivity index (χ4n) is 3.06. The van der Waals surface area contributed by atoms with Crippen molar-refractivity contribution < 1.29 is 23.9 Å². The topological polar surface area (TPSA) is 84.9 Å². The summed E-state index contributed by atoms with van der Waals surface area (Å²) >= 11 is 6.03. The predicted molar refractivity (Wildman–Crippen MR) is 109 cm³/mol. The number of ether oxygens (including phenoxy) is 2. The number of benzene rings is 2. The lowest BCUT2D eigenvalue weighted by Gasteiger charge is -2.17. The predicted octanol–water partition coefficient (Wildman–Crippen LogP) is 3.19. The number of rotatable bonds is 6. The van der Waals surface area contributed by atoms with Crippen molar-refractivity contribution in [2.24, 2.45) is 5.92 Å². The summed E-state index contributed by atoms with van der Waals surface area (Å²) in [6.07, 6.45) is 0.0416. The third-order valence-electron chi connectivity index (χ3n) is 4.73. The van der Waals surface area contributed by atoms with E-state index in [9.17, 15) is 14.4 Å². The Balaban J connectivity index is 1.53. The molecule has 1 atom stereocenters. The van der Waals surface area contributed by atoms with Crippen LogP contribution in [-0.2, 0) is 19.1 Å². The molecular formula is C21H21ClN2O5. The molecule has 0 radical (unpaired) electrons. The number of carbonyl (C=O) groups excluding carboxylic acids is 3. The molecule has 0 saturated carbocycles. The van der Waals surface area contributed by atoms with E-state index >= 15 is 0 Å². The number of methoxy groups -OCH3 is 1. The fourth-order valence-corrected chi connectivity index (χ4v) is 3.24. The van der Waals surface area contributed by atoms with Gasteiger partial charge in [0.1, 0.15) is 5.75 Å². The Morgan fingerprint density at radius 3 is 2.62 bits per heavy atom. The number of nitrogens with zero attached hydrogens (tertiary/aromatic N) is 1. The van der Waals surface area contributed by atoms with E-state index in [0.29, 0.717) is 22.1 Å². The van der Waals surface area contributed by atoms with Gasteiger partial charge in [0.2, 0.25) is 5.91 Å². The molecular weight excluding hydrogens is 396 g/mol. The third-order valence-corrected chi connectivity index (χ3v) is 5.14. The van der Waals surface area contributed by atoms with Crippen LogP contribution in [0.25, 0.3) is 0 Å². The van der Waals surface area contributed by atoms with Crippen LogP contribution in [0.2, 0.25) is 5.02 Å². The molecule has 1 unspecified atom stereocenters. The standard InChI is InChI=1S/C21H21ClN2O5/c1-13-17(22)4-3-5-18(13)23-19(25)12-29-21(27)14-10-20(26)24(11-14)15-6-8-16(28-2)9-7-15/h3-9,14H,10-12H2,1-2H3,(H,23,25). The van der Waals surface area contributed by atoms with Crippen LogP contribution < -0.4 is 15.0 Å². The average molecular weight is 417 g/mol. The van der Waals surface area contributed by atoms with E-state index in [1.165, 1.54) is 4.90 Å². The highest BCUT2D eigenvalue weighted by Gasteiger charge is 2.36. The highest BCUT2D eigenvalue weighted by molar-refractivity contribution is 6.31. The highest BCUT2D eigenvalue weighted by atomic mass is 35.5. The molecule has 0 spiro atoms. The molecule has 29 heavy (non-hydrogen) atoms. The molecule has 1 fully saturated rings. The van der Waals surface area contributed by atoms with Gasteiger partial charge in [-0.25, -0.2) is 0 Å². The summed E-state index contributed by atoms with van der Waals surface area (Å²) in [7, 11) is 1.56. The van der Waals surface area contributed by atoms with Crippen molar-refractivity contribution in [3.05, 3.63) is 53.1 Å². The molecule has 2 aromatic rings. The van der Waals surface area contributed by atoms with E-state index < -0.39 is 24.4 Å². The molecule has 1 aliphatic heterocycles. The smallest absolute Gasteiger partial charge is 0.311 e. The number of amides is 2. The van der Waals surface area contributed by atoms with E-state index in [1.807, 2.05) is 0 Å². The van der Waals surface area contributed by atoms with E-state index in [1.54, 1.807) is 56.5 Å². The largest absolute Gasteiger partial charge is 0.497 e. The zero-order chi connectivity index (χ0) is 21.0. The van der Waals surface area contributed by atoms with Gasteiger partial charge >= 0.3 is 5.97 Å². The Morgan fingerprint density at radius 1 is 1.21 bits per heavy atom. The summed E-state index contributed by atoms with van der Waals surface area (Å²) in [5, 5.41) is 3.19. The van der Waals surface area contributed by atoms with E-state index in [-0.39, 0.29) is 18.9 Å². The number of anilines is 2. The first kappa shape index (κ1) is 20.7. The van der Waals surface area contributed by atoms with Crippen LogP contribution in [-0.4, -0.2) is 38.0 Å².